The van der Waals surface area contributed by atoms with E-state index in [1.54, 1.807) is 0 Å². The summed E-state index contributed by atoms with van der Waals surface area (Å²) in [4.78, 5) is 2.20. The van der Waals surface area contributed by atoms with E-state index in [0.717, 1.165) is 6.42 Å². The molecule has 0 heterocycles. The number of hydrogen-bond donors (Lipinski definition) is 2. The van der Waals surface area contributed by atoms with E-state index in [1.165, 1.54) is 11.1 Å². The van der Waals surface area contributed by atoms with Crippen LogP contribution in [0.5, 0.6) is 0 Å². The Bertz CT molecular complexity index is 358. The Morgan fingerprint density at radius 1 is 1.29 bits per heavy atom. The summed E-state index contributed by atoms with van der Waals surface area (Å²) in [5, 5.41) is 0. The van der Waals surface area contributed by atoms with Gasteiger partial charge in [-0.15, -0.1) is 0 Å². The van der Waals surface area contributed by atoms with Gasteiger partial charge in [-0.3, -0.25) is 11.3 Å². The molecule has 1 aromatic carbocycles. The summed E-state index contributed by atoms with van der Waals surface area (Å²) in [6.45, 7) is 6.55. The highest BCUT2D eigenvalue weighted by atomic mass is 15.3. The molecule has 3 nitrogen and oxygen atoms in total. The maximum absolute atomic E-state index is 5.72. The highest BCUT2D eigenvalue weighted by molar-refractivity contribution is 5.27. The Hall–Kier alpha value is -0.900. The van der Waals surface area contributed by atoms with Crippen molar-refractivity contribution in [2.24, 2.45) is 5.84 Å². The quantitative estimate of drug-likeness (QED) is 0.603. The maximum atomic E-state index is 5.72. The molecule has 0 saturated heterocycles. The lowest BCUT2D eigenvalue weighted by Gasteiger charge is -2.40. The van der Waals surface area contributed by atoms with Gasteiger partial charge in [0.2, 0.25) is 0 Å². The number of benzene rings is 1. The Morgan fingerprint density at radius 3 is 2.35 bits per heavy atom. The first kappa shape index (κ1) is 14.2. The highest BCUT2D eigenvalue weighted by Gasteiger charge is 2.31. The van der Waals surface area contributed by atoms with Gasteiger partial charge in [-0.2, -0.15) is 0 Å². The summed E-state index contributed by atoms with van der Waals surface area (Å²) in [5.74, 6) is 5.72. The smallest absolute Gasteiger partial charge is 0.0429 e. The molecule has 0 amide bonds. The number of hydrazine groups is 1. The zero-order valence-electron chi connectivity index (χ0n) is 11.6. The molecule has 1 atom stereocenters. The van der Waals surface area contributed by atoms with E-state index in [0.29, 0.717) is 0 Å². The van der Waals surface area contributed by atoms with Crippen molar-refractivity contribution in [2.45, 2.75) is 38.8 Å². The topological polar surface area (TPSA) is 41.3 Å². The van der Waals surface area contributed by atoms with Gasteiger partial charge in [-0.1, -0.05) is 24.3 Å². The summed E-state index contributed by atoms with van der Waals surface area (Å²) in [6, 6.07) is 8.69. The number of nitrogens with one attached hydrogen (secondary N) is 1. The Labute approximate surface area is 105 Å². The van der Waals surface area contributed by atoms with Crippen molar-refractivity contribution in [1.29, 1.82) is 0 Å². The molecule has 1 aromatic rings. The normalized spacial score (nSPS) is 14.1. The first-order valence-electron chi connectivity index (χ1n) is 6.07. The minimum atomic E-state index is 0.0109. The Balaban J connectivity index is 2.88. The van der Waals surface area contributed by atoms with Crippen LogP contribution in [0.4, 0.5) is 0 Å². The fourth-order valence-corrected chi connectivity index (χ4v) is 1.88. The van der Waals surface area contributed by atoms with Crippen molar-refractivity contribution in [1.82, 2.24) is 10.3 Å². The van der Waals surface area contributed by atoms with Crippen LogP contribution in [0.3, 0.4) is 0 Å². The lowest BCUT2D eigenvalue weighted by atomic mass is 9.87. The van der Waals surface area contributed by atoms with Gasteiger partial charge in [0.1, 0.15) is 0 Å². The third-order valence-corrected chi connectivity index (χ3v) is 3.89. The van der Waals surface area contributed by atoms with Gasteiger partial charge in [0, 0.05) is 11.6 Å². The van der Waals surface area contributed by atoms with Crippen LogP contribution in [-0.4, -0.2) is 30.6 Å². The first-order chi connectivity index (χ1) is 7.89. The average molecular weight is 235 g/mol. The van der Waals surface area contributed by atoms with E-state index in [9.17, 15) is 0 Å². The summed E-state index contributed by atoms with van der Waals surface area (Å²) in [5.41, 5.74) is 5.64. The van der Waals surface area contributed by atoms with E-state index in [2.05, 4.69) is 69.5 Å². The van der Waals surface area contributed by atoms with Crippen molar-refractivity contribution >= 4 is 0 Å². The zero-order chi connectivity index (χ0) is 13.1. The van der Waals surface area contributed by atoms with E-state index >= 15 is 0 Å². The van der Waals surface area contributed by atoms with Crippen molar-refractivity contribution in [3.8, 4) is 0 Å². The Morgan fingerprint density at radius 2 is 1.88 bits per heavy atom. The van der Waals surface area contributed by atoms with E-state index in [-0.39, 0.29) is 11.6 Å². The van der Waals surface area contributed by atoms with Crippen LogP contribution in [-0.2, 0) is 6.42 Å². The van der Waals surface area contributed by atoms with Gasteiger partial charge in [0.25, 0.3) is 0 Å². The molecule has 0 spiro atoms. The third-order valence-electron chi connectivity index (χ3n) is 3.89. The largest absolute Gasteiger partial charge is 0.303 e. The monoisotopic (exact) mass is 235 g/mol. The van der Waals surface area contributed by atoms with Crippen LogP contribution in [0, 0.1) is 6.92 Å². The number of nitrogens with two attached hydrogens (primary N) is 1. The molecule has 3 N–H and O–H groups in total. The molecule has 0 bridgehead atoms. The lowest BCUT2D eigenvalue weighted by Crippen LogP contribution is -2.58. The van der Waals surface area contributed by atoms with Crippen molar-refractivity contribution < 1.29 is 0 Å². The van der Waals surface area contributed by atoms with Gasteiger partial charge in [0.05, 0.1) is 0 Å². The first-order valence-corrected chi connectivity index (χ1v) is 6.07. The fraction of sp³-hybridized carbons (Fsp3) is 0.571. The molecule has 0 saturated carbocycles. The van der Waals surface area contributed by atoms with Gasteiger partial charge in [0.15, 0.2) is 0 Å². The van der Waals surface area contributed by atoms with Crippen LogP contribution < -0.4 is 11.3 Å². The summed E-state index contributed by atoms with van der Waals surface area (Å²) < 4.78 is 0. The van der Waals surface area contributed by atoms with E-state index in [4.69, 9.17) is 5.84 Å². The minimum absolute atomic E-state index is 0.0109. The van der Waals surface area contributed by atoms with Crippen molar-refractivity contribution in [3.63, 3.8) is 0 Å². The number of aryl methyl sites for hydroxylation is 1. The number of likely N-dealkylation sites (N-methyl/N-ethyl adjacent to an activating group) is 1. The molecule has 3 heteroatoms. The Kier molecular flexibility index (Phi) is 4.69. The standard InChI is InChI=1S/C14H25N3/c1-11-8-6-7-9-12(11)10-13(16-15)14(2,3)17(4)5/h6-9,13,16H,10,15H2,1-5H3. The highest BCUT2D eigenvalue weighted by Crippen LogP contribution is 2.20. The molecule has 0 aliphatic rings. The van der Waals surface area contributed by atoms with Crippen molar-refractivity contribution in [3.05, 3.63) is 35.4 Å². The van der Waals surface area contributed by atoms with Gasteiger partial charge in [-0.05, 0) is 52.4 Å². The molecule has 0 radical (unpaired) electrons. The van der Waals surface area contributed by atoms with E-state index < -0.39 is 0 Å². The second-order valence-electron chi connectivity index (χ2n) is 5.40. The summed E-state index contributed by atoms with van der Waals surface area (Å²) in [7, 11) is 4.17. The van der Waals surface area contributed by atoms with E-state index in [1.807, 2.05) is 0 Å². The SMILES string of the molecule is Cc1ccccc1CC(NN)C(C)(C)N(C)C. The van der Waals surface area contributed by atoms with Crippen LogP contribution >= 0.6 is 0 Å². The molecule has 1 unspecified atom stereocenters. The maximum Gasteiger partial charge on any atom is 0.0429 e. The summed E-state index contributed by atoms with van der Waals surface area (Å²) >= 11 is 0. The predicted octanol–water partition coefficient (Wildman–Crippen LogP) is 1.71. The van der Waals surface area contributed by atoms with Crippen LogP contribution in [0.1, 0.15) is 25.0 Å². The second kappa shape index (κ2) is 5.63. The van der Waals surface area contributed by atoms with Gasteiger partial charge < -0.3 is 4.90 Å². The summed E-state index contributed by atoms with van der Waals surface area (Å²) in [6.07, 6.45) is 0.939. The lowest BCUT2D eigenvalue weighted by molar-refractivity contribution is 0.137. The van der Waals surface area contributed by atoms with Crippen LogP contribution in [0.15, 0.2) is 24.3 Å². The van der Waals surface area contributed by atoms with Crippen LogP contribution in [0.2, 0.25) is 0 Å². The molecule has 0 aliphatic heterocycles. The van der Waals surface area contributed by atoms with Crippen molar-refractivity contribution in [2.75, 3.05) is 14.1 Å². The zero-order valence-corrected chi connectivity index (χ0v) is 11.6. The predicted molar refractivity (Wildman–Crippen MR) is 73.8 cm³/mol. The third kappa shape index (κ3) is 3.28. The molecular weight excluding hydrogens is 210 g/mol. The minimum Gasteiger partial charge on any atom is -0.303 e. The number of rotatable bonds is 5. The number of hydrogen-bond acceptors (Lipinski definition) is 3. The van der Waals surface area contributed by atoms with Gasteiger partial charge >= 0.3 is 0 Å². The average Bonchev–Trinajstić information content (AvgIpc) is 2.27. The molecule has 1 rings (SSSR count). The van der Waals surface area contributed by atoms with Crippen LogP contribution in [0.25, 0.3) is 0 Å². The molecule has 0 aromatic heterocycles. The fourth-order valence-electron chi connectivity index (χ4n) is 1.88. The molecule has 0 aliphatic carbocycles. The molecule has 0 fully saturated rings. The molecular formula is C14H25N3. The molecule has 96 valence electrons. The molecule has 17 heavy (non-hydrogen) atoms. The van der Waals surface area contributed by atoms with Gasteiger partial charge in [-0.25, -0.2) is 0 Å². The second-order valence-corrected chi connectivity index (χ2v) is 5.40. The number of nitrogens with zero attached hydrogens (tertiary/aromatic N) is 1.